The molecule has 1 aliphatic heterocycles. The molecule has 0 aromatic heterocycles. The third kappa shape index (κ3) is 3.33. The van der Waals surface area contributed by atoms with Gasteiger partial charge in [0.05, 0.1) is 5.92 Å². The third-order valence-corrected chi connectivity index (χ3v) is 5.53. The zero-order valence-electron chi connectivity index (χ0n) is 15.3. The number of nitrogens with two attached hydrogens (primary N) is 1. The number of carbonyl (C=O) groups is 3. The van der Waals surface area contributed by atoms with Crippen LogP contribution in [0.4, 0.5) is 0 Å². The summed E-state index contributed by atoms with van der Waals surface area (Å²) in [5.41, 5.74) is 6.82. The summed E-state index contributed by atoms with van der Waals surface area (Å²) in [6.07, 6.45) is 3.57. The number of carbonyl (C=O) groups excluding carboxylic acids is 3. The van der Waals surface area contributed by atoms with Crippen LogP contribution in [0.5, 0.6) is 5.75 Å². The van der Waals surface area contributed by atoms with Crippen molar-refractivity contribution < 1.29 is 23.9 Å². The van der Waals surface area contributed by atoms with Crippen LogP contribution in [-0.2, 0) is 19.1 Å². The summed E-state index contributed by atoms with van der Waals surface area (Å²) >= 11 is 6.24. The Bertz CT molecular complexity index is 904. The Morgan fingerprint density at radius 1 is 1.07 bits per heavy atom. The summed E-state index contributed by atoms with van der Waals surface area (Å²) in [4.78, 5) is 36.9. The van der Waals surface area contributed by atoms with Gasteiger partial charge in [-0.15, -0.1) is 0 Å². The Morgan fingerprint density at radius 3 is 2.25 bits per heavy atom. The molecule has 28 heavy (non-hydrogen) atoms. The fourth-order valence-electron chi connectivity index (χ4n) is 4.15. The van der Waals surface area contributed by atoms with Crippen molar-refractivity contribution in [3.8, 4) is 5.75 Å². The highest BCUT2D eigenvalue weighted by atomic mass is 35.5. The monoisotopic (exact) mass is 401 g/mol. The highest BCUT2D eigenvalue weighted by molar-refractivity contribution is 6.30. The second kappa shape index (κ2) is 7.43. The van der Waals surface area contributed by atoms with Crippen molar-refractivity contribution in [3.05, 3.63) is 51.4 Å². The number of hydrogen-bond donors (Lipinski definition) is 1. The van der Waals surface area contributed by atoms with Crippen LogP contribution in [0.1, 0.15) is 50.0 Å². The van der Waals surface area contributed by atoms with Crippen molar-refractivity contribution in [1.82, 2.24) is 0 Å². The summed E-state index contributed by atoms with van der Waals surface area (Å²) in [5.74, 6) is 0.377. The summed E-state index contributed by atoms with van der Waals surface area (Å²) in [5, 5.41) is 0.448. The predicted octanol–water partition coefficient (Wildman–Crippen LogP) is 3.33. The molecule has 1 heterocycles. The van der Waals surface area contributed by atoms with Crippen LogP contribution in [0.15, 0.2) is 40.9 Å². The van der Waals surface area contributed by atoms with E-state index in [1.54, 1.807) is 18.2 Å². The topological polar surface area (TPSA) is 95.7 Å². The highest BCUT2D eigenvalue weighted by Gasteiger charge is 2.42. The molecule has 0 fully saturated rings. The fourth-order valence-corrected chi connectivity index (χ4v) is 4.33. The first kappa shape index (κ1) is 18.7. The van der Waals surface area contributed by atoms with Gasteiger partial charge in [0.2, 0.25) is 0 Å². The van der Waals surface area contributed by atoms with Gasteiger partial charge in [0.1, 0.15) is 17.3 Å². The lowest BCUT2D eigenvalue weighted by atomic mass is 9.73. The van der Waals surface area contributed by atoms with E-state index in [-0.39, 0.29) is 18.2 Å². The maximum Gasteiger partial charge on any atom is 0.255 e. The average Bonchev–Trinajstić information content (AvgIpc) is 2.66. The largest absolute Gasteiger partial charge is 0.483 e. The molecule has 2 N–H and O–H groups in total. The standard InChI is InChI=1S/C21H20ClNO5/c22-11-7-8-15(27-10-18(23)26)12(9-11)19-20-13(24)3-1-5-16(20)28-17-6-2-4-14(25)21(17)19/h7-9,19H,1-6,10H2,(H2,23,26). The first-order valence-corrected chi connectivity index (χ1v) is 9.74. The minimum absolute atomic E-state index is 0.0306. The molecule has 0 atom stereocenters. The molecule has 0 unspecified atom stereocenters. The van der Waals surface area contributed by atoms with E-state index in [1.807, 2.05) is 0 Å². The van der Waals surface area contributed by atoms with Crippen LogP contribution in [0.25, 0.3) is 0 Å². The van der Waals surface area contributed by atoms with Gasteiger partial charge in [-0.1, -0.05) is 11.6 Å². The maximum absolute atomic E-state index is 12.8. The van der Waals surface area contributed by atoms with E-state index < -0.39 is 11.8 Å². The second-order valence-corrected chi connectivity index (χ2v) is 7.64. The summed E-state index contributed by atoms with van der Waals surface area (Å²) in [6.45, 7) is -0.308. The maximum atomic E-state index is 12.8. The molecule has 0 radical (unpaired) electrons. The Morgan fingerprint density at radius 2 is 1.68 bits per heavy atom. The van der Waals surface area contributed by atoms with Gasteiger partial charge in [-0.25, -0.2) is 0 Å². The van der Waals surface area contributed by atoms with Gasteiger partial charge in [0.15, 0.2) is 18.2 Å². The van der Waals surface area contributed by atoms with E-state index in [2.05, 4.69) is 0 Å². The lowest BCUT2D eigenvalue weighted by Gasteiger charge is -2.36. The van der Waals surface area contributed by atoms with Crippen LogP contribution < -0.4 is 10.5 Å². The number of benzene rings is 1. The van der Waals surface area contributed by atoms with Crippen LogP contribution in [-0.4, -0.2) is 24.1 Å². The van der Waals surface area contributed by atoms with Crippen molar-refractivity contribution in [2.45, 2.75) is 44.4 Å². The Balaban J connectivity index is 1.90. The number of primary amides is 1. The Labute approximate surface area is 167 Å². The van der Waals surface area contributed by atoms with Gasteiger partial charge < -0.3 is 15.2 Å². The third-order valence-electron chi connectivity index (χ3n) is 5.29. The van der Waals surface area contributed by atoms with E-state index in [4.69, 9.17) is 26.8 Å². The average molecular weight is 402 g/mol. The van der Waals surface area contributed by atoms with E-state index in [0.717, 1.165) is 12.8 Å². The molecule has 0 spiro atoms. The van der Waals surface area contributed by atoms with Crippen LogP contribution in [0.3, 0.4) is 0 Å². The van der Waals surface area contributed by atoms with Crippen LogP contribution in [0.2, 0.25) is 5.02 Å². The molecule has 2 aliphatic carbocycles. The van der Waals surface area contributed by atoms with Gasteiger partial charge in [0, 0.05) is 47.4 Å². The molecule has 4 rings (SSSR count). The molecule has 0 saturated heterocycles. The molecule has 0 saturated carbocycles. The molecule has 7 heteroatoms. The summed E-state index contributed by atoms with van der Waals surface area (Å²) < 4.78 is 11.6. The van der Waals surface area contributed by atoms with Gasteiger partial charge >= 0.3 is 0 Å². The van der Waals surface area contributed by atoms with Crippen LogP contribution >= 0.6 is 11.6 Å². The summed E-state index contributed by atoms with van der Waals surface area (Å²) in [7, 11) is 0. The minimum Gasteiger partial charge on any atom is -0.483 e. The van der Waals surface area contributed by atoms with Crippen molar-refractivity contribution in [2.24, 2.45) is 5.73 Å². The zero-order valence-corrected chi connectivity index (χ0v) is 16.0. The second-order valence-electron chi connectivity index (χ2n) is 7.20. The number of Topliss-reactive ketones (excluding diaryl/α,β-unsaturated/α-hetero) is 2. The molecular formula is C21H20ClNO5. The summed E-state index contributed by atoms with van der Waals surface area (Å²) in [6, 6.07) is 4.96. The normalized spacial score (nSPS) is 19.9. The molecule has 146 valence electrons. The van der Waals surface area contributed by atoms with Gasteiger partial charge in [-0.3, -0.25) is 14.4 Å². The number of amides is 1. The van der Waals surface area contributed by atoms with E-state index in [0.29, 0.717) is 64.7 Å². The lowest BCUT2D eigenvalue weighted by molar-refractivity contribution is -0.120. The van der Waals surface area contributed by atoms with Gasteiger partial charge in [0.25, 0.3) is 5.91 Å². The minimum atomic E-state index is -0.616. The van der Waals surface area contributed by atoms with Crippen LogP contribution in [0, 0.1) is 0 Å². The van der Waals surface area contributed by atoms with E-state index in [9.17, 15) is 14.4 Å². The van der Waals surface area contributed by atoms with Crippen molar-refractivity contribution in [2.75, 3.05) is 6.61 Å². The SMILES string of the molecule is NC(=O)COc1ccc(Cl)cc1C1C2=C(CCCC2=O)OC2=C1C(=O)CCC2. The van der Waals surface area contributed by atoms with Crippen molar-refractivity contribution in [3.63, 3.8) is 0 Å². The van der Waals surface area contributed by atoms with Gasteiger partial charge in [-0.05, 0) is 31.0 Å². The zero-order chi connectivity index (χ0) is 19.8. The molecule has 1 aromatic rings. The highest BCUT2D eigenvalue weighted by Crippen LogP contribution is 2.50. The molecule has 1 amide bonds. The number of hydrogen-bond acceptors (Lipinski definition) is 5. The van der Waals surface area contributed by atoms with Gasteiger partial charge in [-0.2, -0.15) is 0 Å². The molecular weight excluding hydrogens is 382 g/mol. The molecule has 0 bridgehead atoms. The van der Waals surface area contributed by atoms with E-state index >= 15 is 0 Å². The Kier molecular flexibility index (Phi) is 4.98. The Hall–Kier alpha value is -2.60. The quantitative estimate of drug-likeness (QED) is 0.834. The number of ether oxygens (including phenoxy) is 2. The molecule has 6 nitrogen and oxygen atoms in total. The molecule has 1 aromatic carbocycles. The first-order valence-electron chi connectivity index (χ1n) is 9.36. The first-order chi connectivity index (χ1) is 13.5. The van der Waals surface area contributed by atoms with Crippen molar-refractivity contribution in [1.29, 1.82) is 0 Å². The fraction of sp³-hybridized carbons (Fsp3) is 0.381. The number of halogens is 1. The smallest absolute Gasteiger partial charge is 0.255 e. The van der Waals surface area contributed by atoms with Crippen molar-refractivity contribution >= 4 is 29.1 Å². The number of allylic oxidation sites excluding steroid dienone is 4. The number of rotatable bonds is 4. The predicted molar refractivity (Wildman–Crippen MR) is 102 cm³/mol. The number of ketones is 2. The lowest BCUT2D eigenvalue weighted by Crippen LogP contribution is -2.30. The molecule has 3 aliphatic rings. The van der Waals surface area contributed by atoms with E-state index in [1.165, 1.54) is 0 Å².